The number of nitrogens with zero attached hydrogens (tertiary/aromatic N) is 3. The fraction of sp³-hybridized carbons (Fsp3) is 0.125. The van der Waals surface area contributed by atoms with Crippen molar-refractivity contribution in [2.24, 2.45) is 0 Å². The van der Waals surface area contributed by atoms with Gasteiger partial charge in [0.2, 0.25) is 0 Å². The van der Waals surface area contributed by atoms with E-state index in [9.17, 15) is 4.79 Å². The molecule has 2 heterocycles. The number of aldehydes is 1. The third kappa shape index (κ3) is 1.65. The molecule has 0 amide bonds. The van der Waals surface area contributed by atoms with Crippen LogP contribution in [-0.2, 0) is 0 Å². The van der Waals surface area contributed by atoms with E-state index in [-0.39, 0.29) is 12.4 Å². The fourth-order valence-electron chi connectivity index (χ4n) is 1.18. The second kappa shape index (κ2) is 4.06. The monoisotopic (exact) mass is 275 g/mol. The van der Waals surface area contributed by atoms with Crippen LogP contribution in [0.25, 0.3) is 5.65 Å². The topological polar surface area (TPSA) is 47.3 Å². The molecule has 0 aliphatic heterocycles. The number of rotatable bonds is 1. The second-order valence-electron chi connectivity index (χ2n) is 2.66. The summed E-state index contributed by atoms with van der Waals surface area (Å²) in [6.45, 7) is 1.78. The zero-order valence-electron chi connectivity index (χ0n) is 7.27. The summed E-state index contributed by atoms with van der Waals surface area (Å²) in [5.41, 5.74) is 1.84. The number of hydrogen-bond acceptors (Lipinski definition) is 3. The van der Waals surface area contributed by atoms with Crippen molar-refractivity contribution in [3.63, 3.8) is 0 Å². The van der Waals surface area contributed by atoms with Crippen molar-refractivity contribution in [1.29, 1.82) is 0 Å². The molecule has 0 saturated heterocycles. The Kier molecular flexibility index (Phi) is 3.23. The SMILES string of the molecule is Cc1nn2cc(Br)cnc2c1C=O.Cl. The summed E-state index contributed by atoms with van der Waals surface area (Å²) in [5.74, 6) is 0. The van der Waals surface area contributed by atoms with E-state index in [1.54, 1.807) is 23.8 Å². The molecule has 0 aliphatic rings. The summed E-state index contributed by atoms with van der Waals surface area (Å²) in [7, 11) is 0. The van der Waals surface area contributed by atoms with Crippen molar-refractivity contribution < 1.29 is 4.79 Å². The number of aromatic nitrogens is 3. The van der Waals surface area contributed by atoms with E-state index >= 15 is 0 Å². The quantitative estimate of drug-likeness (QED) is 0.749. The van der Waals surface area contributed by atoms with E-state index in [0.717, 1.165) is 10.8 Å². The van der Waals surface area contributed by atoms with Gasteiger partial charge in [-0.15, -0.1) is 12.4 Å². The van der Waals surface area contributed by atoms with Crippen LogP contribution in [0.3, 0.4) is 0 Å². The first-order chi connectivity index (χ1) is 6.22. The van der Waals surface area contributed by atoms with Gasteiger partial charge in [-0.3, -0.25) is 4.79 Å². The smallest absolute Gasteiger partial charge is 0.165 e. The largest absolute Gasteiger partial charge is 0.298 e. The lowest BCUT2D eigenvalue weighted by atomic mass is 10.3. The van der Waals surface area contributed by atoms with E-state index in [1.807, 2.05) is 0 Å². The highest BCUT2D eigenvalue weighted by molar-refractivity contribution is 9.10. The molecule has 2 aromatic rings. The highest BCUT2D eigenvalue weighted by Gasteiger charge is 2.08. The Morgan fingerprint density at radius 3 is 2.93 bits per heavy atom. The first kappa shape index (κ1) is 11.1. The first-order valence-corrected chi connectivity index (χ1v) is 4.47. The van der Waals surface area contributed by atoms with Gasteiger partial charge in [0.25, 0.3) is 0 Å². The molecule has 0 fully saturated rings. The molecule has 0 N–H and O–H groups in total. The maximum atomic E-state index is 10.7. The summed E-state index contributed by atoms with van der Waals surface area (Å²) in [4.78, 5) is 14.8. The highest BCUT2D eigenvalue weighted by Crippen LogP contribution is 2.13. The van der Waals surface area contributed by atoms with Crippen molar-refractivity contribution in [2.75, 3.05) is 0 Å². The van der Waals surface area contributed by atoms with Crippen LogP contribution in [-0.4, -0.2) is 20.9 Å². The van der Waals surface area contributed by atoms with Crippen molar-refractivity contribution in [1.82, 2.24) is 14.6 Å². The normalized spacial score (nSPS) is 9.86. The minimum absolute atomic E-state index is 0. The summed E-state index contributed by atoms with van der Waals surface area (Å²) < 4.78 is 2.42. The average Bonchev–Trinajstić information content (AvgIpc) is 2.39. The van der Waals surface area contributed by atoms with Gasteiger partial charge in [-0.25, -0.2) is 9.50 Å². The Hall–Kier alpha value is -0.940. The molecule has 0 atom stereocenters. The molecule has 0 saturated carbocycles. The summed E-state index contributed by atoms with van der Waals surface area (Å²) >= 11 is 3.28. The van der Waals surface area contributed by atoms with Crippen LogP contribution in [0.4, 0.5) is 0 Å². The van der Waals surface area contributed by atoms with Gasteiger partial charge in [0.1, 0.15) is 0 Å². The Bertz CT molecular complexity index is 483. The summed E-state index contributed by atoms with van der Waals surface area (Å²) in [5, 5.41) is 4.14. The van der Waals surface area contributed by atoms with Crippen LogP contribution >= 0.6 is 28.3 Å². The summed E-state index contributed by atoms with van der Waals surface area (Å²) in [6, 6.07) is 0. The number of carbonyl (C=O) groups excluding carboxylic acids is 1. The second-order valence-corrected chi connectivity index (χ2v) is 3.57. The molecule has 0 radical (unpaired) electrons. The molecule has 6 heteroatoms. The Morgan fingerprint density at radius 2 is 2.29 bits per heavy atom. The molecular formula is C8H7BrClN3O. The van der Waals surface area contributed by atoms with Gasteiger partial charge in [0.15, 0.2) is 11.9 Å². The predicted molar refractivity (Wildman–Crippen MR) is 58.1 cm³/mol. The minimum atomic E-state index is 0. The number of fused-ring (bicyclic) bond motifs is 1. The Balaban J connectivity index is 0.000000980. The van der Waals surface area contributed by atoms with Gasteiger partial charge < -0.3 is 0 Å². The summed E-state index contributed by atoms with van der Waals surface area (Å²) in [6.07, 6.45) is 4.18. The molecule has 0 unspecified atom stereocenters. The Morgan fingerprint density at radius 1 is 1.57 bits per heavy atom. The predicted octanol–water partition coefficient (Wildman–Crippen LogP) is 2.03. The lowest BCUT2D eigenvalue weighted by Gasteiger charge is -1.92. The number of carbonyl (C=O) groups is 1. The third-order valence-corrected chi connectivity index (χ3v) is 2.19. The van der Waals surface area contributed by atoms with Crippen LogP contribution in [0.1, 0.15) is 16.1 Å². The van der Waals surface area contributed by atoms with Crippen molar-refractivity contribution in [2.45, 2.75) is 6.92 Å². The van der Waals surface area contributed by atoms with E-state index in [2.05, 4.69) is 26.0 Å². The molecule has 0 aliphatic carbocycles. The zero-order valence-corrected chi connectivity index (χ0v) is 9.67. The molecule has 0 spiro atoms. The lowest BCUT2D eigenvalue weighted by molar-refractivity contribution is 0.112. The highest BCUT2D eigenvalue weighted by atomic mass is 79.9. The molecule has 0 aromatic carbocycles. The van der Waals surface area contributed by atoms with E-state index < -0.39 is 0 Å². The van der Waals surface area contributed by atoms with E-state index in [1.165, 1.54) is 0 Å². The van der Waals surface area contributed by atoms with Gasteiger partial charge >= 0.3 is 0 Å². The standard InChI is InChI=1S/C8H6BrN3O.ClH/c1-5-7(4-13)8-10-2-6(9)3-12(8)11-5;/h2-4H,1H3;1H. The Labute approximate surface area is 94.9 Å². The van der Waals surface area contributed by atoms with Gasteiger partial charge in [-0.2, -0.15) is 5.10 Å². The van der Waals surface area contributed by atoms with Crippen LogP contribution in [0.15, 0.2) is 16.9 Å². The number of halogens is 2. The van der Waals surface area contributed by atoms with Crippen LogP contribution in [0, 0.1) is 6.92 Å². The van der Waals surface area contributed by atoms with Crippen molar-refractivity contribution >= 4 is 40.3 Å². The zero-order chi connectivity index (χ0) is 9.42. The van der Waals surface area contributed by atoms with E-state index in [4.69, 9.17) is 0 Å². The van der Waals surface area contributed by atoms with Crippen LogP contribution in [0.2, 0.25) is 0 Å². The number of hydrogen-bond donors (Lipinski definition) is 0. The fourth-order valence-corrected chi connectivity index (χ4v) is 1.47. The van der Waals surface area contributed by atoms with Gasteiger partial charge in [0, 0.05) is 12.4 Å². The van der Waals surface area contributed by atoms with Crippen LogP contribution in [0.5, 0.6) is 0 Å². The van der Waals surface area contributed by atoms with Crippen molar-refractivity contribution in [3.05, 3.63) is 28.1 Å². The van der Waals surface area contributed by atoms with Gasteiger partial charge in [-0.05, 0) is 22.9 Å². The minimum Gasteiger partial charge on any atom is -0.298 e. The van der Waals surface area contributed by atoms with Crippen molar-refractivity contribution in [3.8, 4) is 0 Å². The maximum Gasteiger partial charge on any atom is 0.165 e. The maximum absolute atomic E-state index is 10.7. The van der Waals surface area contributed by atoms with Crippen LogP contribution < -0.4 is 0 Å². The van der Waals surface area contributed by atoms with E-state index in [0.29, 0.717) is 16.9 Å². The molecule has 14 heavy (non-hydrogen) atoms. The third-order valence-electron chi connectivity index (χ3n) is 1.78. The number of aryl methyl sites for hydroxylation is 1. The molecule has 4 nitrogen and oxygen atoms in total. The average molecular weight is 277 g/mol. The molecule has 0 bridgehead atoms. The molecule has 74 valence electrons. The molecule has 2 aromatic heterocycles. The first-order valence-electron chi connectivity index (χ1n) is 3.68. The molecule has 2 rings (SSSR count). The molecular weight excluding hydrogens is 269 g/mol. The van der Waals surface area contributed by atoms with Gasteiger partial charge in [-0.1, -0.05) is 0 Å². The van der Waals surface area contributed by atoms with Gasteiger partial charge in [0.05, 0.1) is 15.7 Å². The lowest BCUT2D eigenvalue weighted by Crippen LogP contribution is -1.89.